The fourth-order valence-electron chi connectivity index (χ4n) is 1.91. The summed E-state index contributed by atoms with van der Waals surface area (Å²) >= 11 is 7.28. The zero-order valence-corrected chi connectivity index (χ0v) is 12.6. The number of halogens is 1. The van der Waals surface area contributed by atoms with Crippen molar-refractivity contribution in [2.75, 3.05) is 6.79 Å². The number of nitrogens with one attached hydrogen (secondary N) is 2. The van der Waals surface area contributed by atoms with Gasteiger partial charge in [0, 0.05) is 11.4 Å². The van der Waals surface area contributed by atoms with Crippen molar-refractivity contribution >= 4 is 29.0 Å². The average molecular weight is 325 g/mol. The normalized spacial score (nSPS) is 12.2. The molecule has 21 heavy (non-hydrogen) atoms. The van der Waals surface area contributed by atoms with Gasteiger partial charge in [-0.25, -0.2) is 4.79 Å². The van der Waals surface area contributed by atoms with Gasteiger partial charge in [0.2, 0.25) is 6.79 Å². The molecule has 2 amide bonds. The maximum absolute atomic E-state index is 11.7. The second kappa shape index (κ2) is 6.24. The van der Waals surface area contributed by atoms with Gasteiger partial charge in [0.05, 0.1) is 10.9 Å². The predicted molar refractivity (Wildman–Crippen MR) is 81.0 cm³/mol. The maximum atomic E-state index is 11.7. The summed E-state index contributed by atoms with van der Waals surface area (Å²) in [6.45, 7) is 1.13. The summed E-state index contributed by atoms with van der Waals surface area (Å²) < 4.78 is 11.2. The second-order valence-corrected chi connectivity index (χ2v) is 6.23. The predicted octanol–water partition coefficient (Wildman–Crippen LogP) is 3.13. The molecular formula is C14H13ClN2O3S. The van der Waals surface area contributed by atoms with E-state index in [2.05, 4.69) is 10.6 Å². The summed E-state index contributed by atoms with van der Waals surface area (Å²) in [6, 6.07) is 9.08. The van der Waals surface area contributed by atoms with Gasteiger partial charge in [0.15, 0.2) is 11.5 Å². The van der Waals surface area contributed by atoms with Gasteiger partial charge in [-0.05, 0) is 29.8 Å². The molecule has 7 heteroatoms. The summed E-state index contributed by atoms with van der Waals surface area (Å²) in [6.07, 6.45) is 0. The first-order valence-corrected chi connectivity index (χ1v) is 7.54. The lowest BCUT2D eigenvalue weighted by molar-refractivity contribution is 0.174. The van der Waals surface area contributed by atoms with Gasteiger partial charge in [0.1, 0.15) is 0 Å². The van der Waals surface area contributed by atoms with Crippen molar-refractivity contribution in [3.63, 3.8) is 0 Å². The van der Waals surface area contributed by atoms with E-state index in [4.69, 9.17) is 21.1 Å². The number of fused-ring (bicyclic) bond motifs is 1. The lowest BCUT2D eigenvalue weighted by Crippen LogP contribution is -2.34. The van der Waals surface area contributed by atoms with Crippen molar-refractivity contribution in [3.8, 4) is 11.5 Å². The van der Waals surface area contributed by atoms with E-state index in [1.54, 1.807) is 0 Å². The molecule has 0 bridgehead atoms. The third-order valence-corrected chi connectivity index (χ3v) is 4.17. The van der Waals surface area contributed by atoms with E-state index in [1.165, 1.54) is 11.3 Å². The molecule has 3 rings (SSSR count). The van der Waals surface area contributed by atoms with Crippen LogP contribution < -0.4 is 20.1 Å². The summed E-state index contributed by atoms with van der Waals surface area (Å²) in [5.74, 6) is 1.45. The number of ether oxygens (including phenoxy) is 2. The Labute approximate surface area is 130 Å². The molecule has 0 saturated carbocycles. The number of benzene rings is 1. The molecule has 2 N–H and O–H groups in total. The number of hydrogen-bond donors (Lipinski definition) is 2. The molecule has 110 valence electrons. The van der Waals surface area contributed by atoms with Crippen LogP contribution in [0.1, 0.15) is 10.4 Å². The minimum Gasteiger partial charge on any atom is -0.454 e. The fraction of sp³-hybridized carbons (Fsp3) is 0.214. The minimum atomic E-state index is -0.225. The van der Waals surface area contributed by atoms with E-state index in [0.29, 0.717) is 23.2 Å². The first kappa shape index (κ1) is 14.0. The van der Waals surface area contributed by atoms with Gasteiger partial charge in [-0.3, -0.25) is 0 Å². The standard InChI is InChI=1S/C14H13ClN2O3S/c15-13-4-2-10(21-13)7-17-14(18)16-6-9-1-3-11-12(5-9)20-8-19-11/h1-5H,6-8H2,(H2,16,17,18). The molecule has 5 nitrogen and oxygen atoms in total. The van der Waals surface area contributed by atoms with Crippen LogP contribution in [0, 0.1) is 0 Å². The number of amides is 2. The Balaban J connectivity index is 1.47. The molecular weight excluding hydrogens is 312 g/mol. The Morgan fingerprint density at radius 2 is 1.95 bits per heavy atom. The lowest BCUT2D eigenvalue weighted by Gasteiger charge is -2.07. The highest BCUT2D eigenvalue weighted by molar-refractivity contribution is 7.16. The zero-order valence-electron chi connectivity index (χ0n) is 11.0. The minimum absolute atomic E-state index is 0.225. The van der Waals surface area contributed by atoms with E-state index in [1.807, 2.05) is 30.3 Å². The third-order valence-electron chi connectivity index (χ3n) is 2.94. The monoisotopic (exact) mass is 324 g/mol. The maximum Gasteiger partial charge on any atom is 0.315 e. The quantitative estimate of drug-likeness (QED) is 0.908. The summed E-state index contributed by atoms with van der Waals surface area (Å²) in [5, 5.41) is 5.57. The Morgan fingerprint density at radius 3 is 2.76 bits per heavy atom. The van der Waals surface area contributed by atoms with E-state index in [0.717, 1.165) is 16.2 Å². The number of urea groups is 1. The zero-order chi connectivity index (χ0) is 14.7. The van der Waals surface area contributed by atoms with Crippen LogP contribution in [-0.2, 0) is 13.1 Å². The van der Waals surface area contributed by atoms with E-state index in [-0.39, 0.29) is 12.8 Å². The summed E-state index contributed by atoms with van der Waals surface area (Å²) in [7, 11) is 0. The Bertz CT molecular complexity index is 659. The van der Waals surface area contributed by atoms with Gasteiger partial charge in [-0.15, -0.1) is 11.3 Å². The molecule has 0 fully saturated rings. The summed E-state index contributed by atoms with van der Waals surface area (Å²) in [4.78, 5) is 12.7. The molecule has 1 aliphatic heterocycles. The lowest BCUT2D eigenvalue weighted by atomic mass is 10.2. The fourth-order valence-corrected chi connectivity index (χ4v) is 2.94. The van der Waals surface area contributed by atoms with Crippen LogP contribution in [0.15, 0.2) is 30.3 Å². The largest absolute Gasteiger partial charge is 0.454 e. The van der Waals surface area contributed by atoms with E-state index >= 15 is 0 Å². The van der Waals surface area contributed by atoms with E-state index in [9.17, 15) is 4.79 Å². The molecule has 2 aromatic rings. The molecule has 2 heterocycles. The molecule has 0 saturated heterocycles. The first-order valence-electron chi connectivity index (χ1n) is 6.35. The molecule has 1 aromatic heterocycles. The van der Waals surface area contributed by atoms with Crippen LogP contribution in [-0.4, -0.2) is 12.8 Å². The molecule has 0 spiro atoms. The van der Waals surface area contributed by atoms with Crippen LogP contribution in [0.3, 0.4) is 0 Å². The molecule has 0 radical (unpaired) electrons. The number of rotatable bonds is 4. The van der Waals surface area contributed by atoms with Crippen molar-refractivity contribution in [3.05, 3.63) is 45.1 Å². The Kier molecular flexibility index (Phi) is 4.17. The highest BCUT2D eigenvalue weighted by Crippen LogP contribution is 2.32. The van der Waals surface area contributed by atoms with Crippen molar-refractivity contribution < 1.29 is 14.3 Å². The van der Waals surface area contributed by atoms with Gasteiger partial charge in [-0.1, -0.05) is 17.7 Å². The van der Waals surface area contributed by atoms with Crippen molar-refractivity contribution in [2.45, 2.75) is 13.1 Å². The average Bonchev–Trinajstić information content (AvgIpc) is 3.10. The topological polar surface area (TPSA) is 59.6 Å². The van der Waals surface area contributed by atoms with E-state index < -0.39 is 0 Å². The smallest absolute Gasteiger partial charge is 0.315 e. The van der Waals surface area contributed by atoms with Gasteiger partial charge < -0.3 is 20.1 Å². The third kappa shape index (κ3) is 3.59. The highest BCUT2D eigenvalue weighted by atomic mass is 35.5. The SMILES string of the molecule is O=C(NCc1ccc2c(c1)OCO2)NCc1ccc(Cl)s1. The number of carbonyl (C=O) groups is 1. The van der Waals surface area contributed by atoms with Crippen LogP contribution >= 0.6 is 22.9 Å². The summed E-state index contributed by atoms with van der Waals surface area (Å²) in [5.41, 5.74) is 0.952. The Hall–Kier alpha value is -1.92. The number of carbonyl (C=O) groups excluding carboxylic acids is 1. The first-order chi connectivity index (χ1) is 10.2. The van der Waals surface area contributed by atoms with Crippen LogP contribution in [0.4, 0.5) is 4.79 Å². The Morgan fingerprint density at radius 1 is 1.14 bits per heavy atom. The van der Waals surface area contributed by atoms with Crippen LogP contribution in [0.2, 0.25) is 4.34 Å². The molecule has 1 aliphatic rings. The van der Waals surface area contributed by atoms with Crippen molar-refractivity contribution in [1.29, 1.82) is 0 Å². The van der Waals surface area contributed by atoms with Crippen molar-refractivity contribution in [1.82, 2.24) is 10.6 Å². The number of thiophene rings is 1. The molecule has 1 aromatic carbocycles. The van der Waals surface area contributed by atoms with Crippen molar-refractivity contribution in [2.24, 2.45) is 0 Å². The van der Waals surface area contributed by atoms with Gasteiger partial charge >= 0.3 is 6.03 Å². The molecule has 0 aliphatic carbocycles. The molecule has 0 unspecified atom stereocenters. The second-order valence-electron chi connectivity index (χ2n) is 4.43. The van der Waals surface area contributed by atoms with Crippen LogP contribution in [0.25, 0.3) is 0 Å². The van der Waals surface area contributed by atoms with Crippen LogP contribution in [0.5, 0.6) is 11.5 Å². The number of hydrogen-bond acceptors (Lipinski definition) is 4. The molecule has 0 atom stereocenters. The highest BCUT2D eigenvalue weighted by Gasteiger charge is 2.13. The van der Waals surface area contributed by atoms with Gasteiger partial charge in [0.25, 0.3) is 0 Å². The van der Waals surface area contributed by atoms with Gasteiger partial charge in [-0.2, -0.15) is 0 Å².